The summed E-state index contributed by atoms with van der Waals surface area (Å²) in [5.41, 5.74) is 4.12. The van der Waals surface area contributed by atoms with E-state index in [0.29, 0.717) is 25.3 Å². The lowest BCUT2D eigenvalue weighted by atomic mass is 10.1. The fourth-order valence-corrected chi connectivity index (χ4v) is 3.49. The molecule has 0 aromatic carbocycles. The molecule has 0 saturated carbocycles. The number of hydrogen-bond donors (Lipinski definition) is 3. The van der Waals surface area contributed by atoms with Crippen molar-refractivity contribution >= 4 is 11.5 Å². The molecule has 0 radical (unpaired) electrons. The number of hydrogen-bond acceptors (Lipinski definition) is 6. The molecule has 4 aromatic heterocycles. The number of fused-ring (bicyclic) bond motifs is 1. The Morgan fingerprint density at radius 3 is 3.00 bits per heavy atom. The Bertz CT molecular complexity index is 1090. The van der Waals surface area contributed by atoms with Gasteiger partial charge in [-0.15, -0.1) is 0 Å². The van der Waals surface area contributed by atoms with Gasteiger partial charge in [-0.25, -0.2) is 14.4 Å². The van der Waals surface area contributed by atoms with Crippen molar-refractivity contribution in [1.29, 1.82) is 0 Å². The summed E-state index contributed by atoms with van der Waals surface area (Å²) in [5.74, 6) is 0.656. The molecule has 28 heavy (non-hydrogen) atoms. The Labute approximate surface area is 160 Å². The number of nitrogens with zero attached hydrogens (tertiary/aromatic N) is 5. The average Bonchev–Trinajstić information content (AvgIpc) is 3.39. The van der Waals surface area contributed by atoms with Crippen LogP contribution in [-0.2, 0) is 0 Å². The van der Waals surface area contributed by atoms with Crippen molar-refractivity contribution in [3.8, 4) is 22.6 Å². The van der Waals surface area contributed by atoms with Crippen molar-refractivity contribution in [1.82, 2.24) is 35.1 Å². The van der Waals surface area contributed by atoms with Gasteiger partial charge in [0.15, 0.2) is 0 Å². The molecule has 0 bridgehead atoms. The Hall–Kier alpha value is -3.33. The molecule has 4 aromatic rings. The van der Waals surface area contributed by atoms with Gasteiger partial charge in [0.2, 0.25) is 0 Å². The summed E-state index contributed by atoms with van der Waals surface area (Å²) >= 11 is 0. The second kappa shape index (κ2) is 7.01. The molecule has 0 spiro atoms. The van der Waals surface area contributed by atoms with Crippen molar-refractivity contribution in [2.75, 3.05) is 18.4 Å². The summed E-state index contributed by atoms with van der Waals surface area (Å²) in [6.07, 6.45) is 5.03. The minimum atomic E-state index is -0.877. The molecule has 5 rings (SSSR count). The quantitative estimate of drug-likeness (QED) is 0.504. The first-order chi connectivity index (χ1) is 13.8. The van der Waals surface area contributed by atoms with Crippen LogP contribution in [-0.4, -0.2) is 55.1 Å². The average molecular weight is 378 g/mol. The standard InChI is InChI=1S/C19H19FN8/c20-13-4-6-21-9-16(13)25-18-3-1-2-14(24-18)17-11-22-19-8-12(5-7-28(17)19)15-10-23-27-26-15/h1-3,5,7-8,10-11,13,16,21H,4,6,9H2,(H,24,25)(H,23,26,27). The van der Waals surface area contributed by atoms with Gasteiger partial charge in [-0.1, -0.05) is 6.07 Å². The van der Waals surface area contributed by atoms with Gasteiger partial charge in [0.1, 0.15) is 23.3 Å². The van der Waals surface area contributed by atoms with Crippen molar-refractivity contribution < 1.29 is 4.39 Å². The maximum atomic E-state index is 14.1. The molecule has 2 unspecified atom stereocenters. The van der Waals surface area contributed by atoms with Crippen LogP contribution in [0.25, 0.3) is 28.3 Å². The number of rotatable bonds is 4. The van der Waals surface area contributed by atoms with Crippen LogP contribution in [0.15, 0.2) is 48.9 Å². The summed E-state index contributed by atoms with van der Waals surface area (Å²) < 4.78 is 16.1. The maximum absolute atomic E-state index is 14.1. The van der Waals surface area contributed by atoms with Gasteiger partial charge < -0.3 is 10.6 Å². The number of piperidine rings is 1. The van der Waals surface area contributed by atoms with E-state index in [1.165, 1.54) is 0 Å². The van der Waals surface area contributed by atoms with E-state index < -0.39 is 6.17 Å². The monoisotopic (exact) mass is 378 g/mol. The van der Waals surface area contributed by atoms with E-state index in [9.17, 15) is 4.39 Å². The minimum absolute atomic E-state index is 0.274. The topological polar surface area (TPSA) is 95.8 Å². The predicted molar refractivity (Wildman–Crippen MR) is 104 cm³/mol. The number of anilines is 1. The molecule has 1 fully saturated rings. The molecule has 2 atom stereocenters. The van der Waals surface area contributed by atoms with Gasteiger partial charge in [0.05, 0.1) is 29.8 Å². The number of pyridine rings is 2. The zero-order valence-corrected chi connectivity index (χ0v) is 15.0. The number of imidazole rings is 1. The second-order valence-electron chi connectivity index (χ2n) is 6.81. The van der Waals surface area contributed by atoms with E-state index in [-0.39, 0.29) is 6.04 Å². The van der Waals surface area contributed by atoms with Crippen LogP contribution in [0.3, 0.4) is 0 Å². The molecule has 8 nitrogen and oxygen atoms in total. The molecule has 3 N–H and O–H groups in total. The smallest absolute Gasteiger partial charge is 0.137 e. The van der Waals surface area contributed by atoms with E-state index in [1.807, 2.05) is 40.9 Å². The summed E-state index contributed by atoms with van der Waals surface area (Å²) in [5, 5.41) is 17.0. The van der Waals surface area contributed by atoms with E-state index in [4.69, 9.17) is 0 Å². The molecule has 1 aliphatic heterocycles. The highest BCUT2D eigenvalue weighted by atomic mass is 19.1. The third-order valence-corrected chi connectivity index (χ3v) is 4.97. The fraction of sp³-hybridized carbons (Fsp3) is 0.263. The second-order valence-corrected chi connectivity index (χ2v) is 6.81. The zero-order valence-electron chi connectivity index (χ0n) is 15.0. The van der Waals surface area contributed by atoms with Crippen LogP contribution in [0.1, 0.15) is 6.42 Å². The van der Waals surface area contributed by atoms with Gasteiger partial charge in [-0.3, -0.25) is 4.40 Å². The first-order valence-electron chi connectivity index (χ1n) is 9.20. The number of aromatic nitrogens is 6. The molecular formula is C19H19FN8. The summed E-state index contributed by atoms with van der Waals surface area (Å²) in [6, 6.07) is 9.33. The SMILES string of the molecule is FC1CCNCC1Nc1cccc(-c2cnc3cc(-c4cn[nH]n4)ccn23)n1. The molecule has 5 heterocycles. The first kappa shape index (κ1) is 16.8. The van der Waals surface area contributed by atoms with Crippen molar-refractivity contribution in [3.05, 3.63) is 48.9 Å². The van der Waals surface area contributed by atoms with Gasteiger partial charge in [0, 0.05) is 18.3 Å². The van der Waals surface area contributed by atoms with Gasteiger partial charge in [-0.05, 0) is 37.2 Å². The highest BCUT2D eigenvalue weighted by molar-refractivity contribution is 5.67. The van der Waals surface area contributed by atoms with Crippen molar-refractivity contribution in [2.45, 2.75) is 18.6 Å². The number of nitrogens with one attached hydrogen (secondary N) is 3. The largest absolute Gasteiger partial charge is 0.363 e. The van der Waals surface area contributed by atoms with E-state index >= 15 is 0 Å². The number of halogens is 1. The summed E-state index contributed by atoms with van der Waals surface area (Å²) in [4.78, 5) is 9.17. The minimum Gasteiger partial charge on any atom is -0.363 e. The molecule has 1 saturated heterocycles. The summed E-state index contributed by atoms with van der Waals surface area (Å²) in [6.45, 7) is 1.30. The lowest BCUT2D eigenvalue weighted by Gasteiger charge is -2.28. The third kappa shape index (κ3) is 3.09. The van der Waals surface area contributed by atoms with Crippen molar-refractivity contribution in [2.24, 2.45) is 0 Å². The summed E-state index contributed by atoms with van der Waals surface area (Å²) in [7, 11) is 0. The lowest BCUT2D eigenvalue weighted by molar-refractivity contribution is 0.241. The maximum Gasteiger partial charge on any atom is 0.137 e. The molecule has 0 amide bonds. The number of alkyl halides is 1. The van der Waals surface area contributed by atoms with E-state index in [0.717, 1.165) is 28.3 Å². The number of H-pyrrole nitrogens is 1. The highest BCUT2D eigenvalue weighted by Crippen LogP contribution is 2.24. The Morgan fingerprint density at radius 1 is 1.18 bits per heavy atom. The molecule has 1 aliphatic rings. The Balaban J connectivity index is 1.45. The Kier molecular flexibility index (Phi) is 4.21. The molecule has 0 aliphatic carbocycles. The lowest BCUT2D eigenvalue weighted by Crippen LogP contribution is -2.46. The van der Waals surface area contributed by atoms with Gasteiger partial charge >= 0.3 is 0 Å². The van der Waals surface area contributed by atoms with Crippen LogP contribution >= 0.6 is 0 Å². The van der Waals surface area contributed by atoms with Crippen LogP contribution in [0.2, 0.25) is 0 Å². The van der Waals surface area contributed by atoms with Crippen LogP contribution in [0.5, 0.6) is 0 Å². The van der Waals surface area contributed by atoms with E-state index in [2.05, 4.69) is 36.0 Å². The predicted octanol–water partition coefficient (Wildman–Crippen LogP) is 2.29. The van der Waals surface area contributed by atoms with Crippen molar-refractivity contribution in [3.63, 3.8) is 0 Å². The fourth-order valence-electron chi connectivity index (χ4n) is 3.49. The molecular weight excluding hydrogens is 359 g/mol. The van der Waals surface area contributed by atoms with Gasteiger partial charge in [0.25, 0.3) is 0 Å². The van der Waals surface area contributed by atoms with Crippen LogP contribution in [0.4, 0.5) is 10.2 Å². The Morgan fingerprint density at radius 2 is 2.14 bits per heavy atom. The highest BCUT2D eigenvalue weighted by Gasteiger charge is 2.24. The van der Waals surface area contributed by atoms with Crippen LogP contribution in [0, 0.1) is 0 Å². The molecule has 9 heteroatoms. The number of aromatic amines is 1. The van der Waals surface area contributed by atoms with E-state index in [1.54, 1.807) is 12.4 Å². The normalized spacial score (nSPS) is 19.8. The first-order valence-corrected chi connectivity index (χ1v) is 9.20. The molecule has 142 valence electrons. The van der Waals surface area contributed by atoms with Crippen LogP contribution < -0.4 is 10.6 Å². The third-order valence-electron chi connectivity index (χ3n) is 4.97. The zero-order chi connectivity index (χ0) is 18.9. The van der Waals surface area contributed by atoms with Gasteiger partial charge in [-0.2, -0.15) is 15.4 Å².